The van der Waals surface area contributed by atoms with Gasteiger partial charge in [-0.25, -0.2) is 65.9 Å². The summed E-state index contributed by atoms with van der Waals surface area (Å²) < 4.78 is 218. The molecule has 0 spiro atoms. The number of unbranched alkanes of at least 4 members (excludes halogenated alkanes) is 1. The van der Waals surface area contributed by atoms with Gasteiger partial charge in [-0.1, -0.05) is 41.9 Å². The number of aryl methyl sites for hydroxylation is 1. The monoisotopic (exact) mass is 656 g/mol. The van der Waals surface area contributed by atoms with Crippen LogP contribution in [0.3, 0.4) is 0 Å². The van der Waals surface area contributed by atoms with E-state index in [9.17, 15) is 39.5 Å². The molecule has 0 aromatic heterocycles. The first-order valence-corrected chi connectivity index (χ1v) is 12.4. The number of hydrogen-bond donors (Lipinski definition) is 0. The Labute approximate surface area is 243 Å². The van der Waals surface area contributed by atoms with E-state index in [-0.39, 0.29) is 12.8 Å². The van der Waals surface area contributed by atoms with Gasteiger partial charge in [-0.05, 0) is 24.8 Å². The molecule has 0 amide bonds. The van der Waals surface area contributed by atoms with Gasteiger partial charge in [0.05, 0.1) is 0 Å². The molecule has 0 aliphatic rings. The van der Waals surface area contributed by atoms with Crippen LogP contribution in [0.4, 0.5) is 65.9 Å². The summed E-state index contributed by atoms with van der Waals surface area (Å²) in [5.74, 6) is -42.9. The second kappa shape index (κ2) is 12.9. The Kier molecular flexibility index (Phi) is 9.64. The van der Waals surface area contributed by atoms with Crippen molar-refractivity contribution in [3.05, 3.63) is 135 Å². The molecule has 0 N–H and O–H groups in total. The van der Waals surface area contributed by atoms with Gasteiger partial charge in [-0.2, -0.15) is 0 Å². The highest BCUT2D eigenvalue weighted by Crippen LogP contribution is 2.33. The van der Waals surface area contributed by atoms with Crippen LogP contribution in [0.25, 0.3) is 5.47 Å². The van der Waals surface area contributed by atoms with Crippen molar-refractivity contribution >= 4 is 23.1 Å². The number of allylic oxidation sites excluding steroid dienone is 1. The van der Waals surface area contributed by atoms with Gasteiger partial charge in [-0.15, -0.1) is 0 Å². The van der Waals surface area contributed by atoms with Crippen molar-refractivity contribution in [2.75, 3.05) is 0 Å². The van der Waals surface area contributed by atoms with E-state index in [0.29, 0.717) is 11.6 Å². The van der Waals surface area contributed by atoms with Crippen LogP contribution in [-0.4, -0.2) is 6.71 Å². The summed E-state index contributed by atoms with van der Waals surface area (Å²) in [7, 11) is 0. The van der Waals surface area contributed by atoms with Gasteiger partial charge in [-0.3, -0.25) is 0 Å². The number of benzene rings is 4. The largest absolute Gasteiger partial charge is 0.257 e. The van der Waals surface area contributed by atoms with Crippen LogP contribution < -0.4 is 10.9 Å². The molecule has 0 atom stereocenters. The molecule has 0 bridgehead atoms. The zero-order valence-electron chi connectivity index (χ0n) is 21.8. The van der Waals surface area contributed by atoms with Gasteiger partial charge >= 0.3 is 0 Å². The fourth-order valence-corrected chi connectivity index (χ4v) is 4.64. The molecule has 16 heteroatoms. The summed E-state index contributed by atoms with van der Waals surface area (Å²) in [6, 6.07) is 7.91. The van der Waals surface area contributed by atoms with E-state index in [4.69, 9.17) is 0 Å². The number of rotatable bonds is 8. The summed E-state index contributed by atoms with van der Waals surface area (Å²) in [4.78, 5) is 0. The minimum Gasteiger partial charge on any atom is -0.204 e. The van der Waals surface area contributed by atoms with Gasteiger partial charge in [0, 0.05) is 16.5 Å². The van der Waals surface area contributed by atoms with Crippen LogP contribution >= 0.6 is 0 Å². The lowest BCUT2D eigenvalue weighted by molar-refractivity contribution is 0.376. The van der Waals surface area contributed by atoms with Crippen LogP contribution in [0.15, 0.2) is 36.4 Å². The first kappa shape index (κ1) is 33.5. The SMILES string of the molecule is Fc1c(F)c(F)c(B(/C(=C\CCCc2ccccc2)c2c(F)c(F)c(F)c(F)c2F)c2c(F)c(F)c(F)c(F)c2F)c(F)c1F. The maximum absolute atomic E-state index is 15.1. The highest BCUT2D eigenvalue weighted by Gasteiger charge is 2.44. The smallest absolute Gasteiger partial charge is 0.204 e. The highest BCUT2D eigenvalue weighted by molar-refractivity contribution is 6.99. The molecule has 4 aromatic carbocycles. The molecular formula is C29H12BF15. The van der Waals surface area contributed by atoms with Gasteiger partial charge < -0.3 is 0 Å². The van der Waals surface area contributed by atoms with Crippen molar-refractivity contribution in [2.45, 2.75) is 19.3 Å². The first-order chi connectivity index (χ1) is 21.1. The Hall–Kier alpha value is -4.37. The first-order valence-electron chi connectivity index (χ1n) is 12.4. The number of hydrogen-bond acceptors (Lipinski definition) is 0. The standard InChI is InChI=1S/C29H12BF15/c31-15-12(16(32)22(38)27(43)21(15)37)11(9-5-4-8-10-6-2-1-3-7-10)30(13-17(33)23(39)28(44)24(40)18(13)34)14-19(35)25(41)29(45)26(42)20(14)36/h1-3,6-7,9H,4-5,8H2/b11-9-. The summed E-state index contributed by atoms with van der Waals surface area (Å²) in [6.45, 7) is -3.58. The van der Waals surface area contributed by atoms with Crippen molar-refractivity contribution in [3.8, 4) is 0 Å². The molecule has 0 aliphatic carbocycles. The summed E-state index contributed by atoms with van der Waals surface area (Å²) in [6.07, 6.45) is -0.367. The number of halogens is 15. The van der Waals surface area contributed by atoms with Crippen molar-refractivity contribution in [1.82, 2.24) is 0 Å². The average molecular weight is 656 g/mol. The normalized spacial score (nSPS) is 11.8. The van der Waals surface area contributed by atoms with E-state index in [1.807, 2.05) is 0 Å². The van der Waals surface area contributed by atoms with Crippen LogP contribution in [0.5, 0.6) is 0 Å². The van der Waals surface area contributed by atoms with Crippen molar-refractivity contribution < 1.29 is 65.9 Å². The Morgan fingerprint density at radius 2 is 0.778 bits per heavy atom. The minimum atomic E-state index is -3.58. The second-order valence-corrected chi connectivity index (χ2v) is 9.38. The molecule has 4 aromatic rings. The third-order valence-corrected chi connectivity index (χ3v) is 6.75. The molecule has 4 rings (SSSR count). The molecule has 0 radical (unpaired) electrons. The second-order valence-electron chi connectivity index (χ2n) is 9.38. The molecule has 0 unspecified atom stereocenters. The van der Waals surface area contributed by atoms with E-state index < -0.39 is 122 Å². The third-order valence-electron chi connectivity index (χ3n) is 6.75. The third kappa shape index (κ3) is 5.77. The molecule has 0 aliphatic heterocycles. The topological polar surface area (TPSA) is 0 Å². The van der Waals surface area contributed by atoms with Gasteiger partial charge in [0.2, 0.25) is 5.82 Å². The van der Waals surface area contributed by atoms with Gasteiger partial charge in [0.15, 0.2) is 81.4 Å². The van der Waals surface area contributed by atoms with Crippen molar-refractivity contribution in [2.24, 2.45) is 0 Å². The molecule has 0 heterocycles. The summed E-state index contributed by atoms with van der Waals surface area (Å²) in [5.41, 5.74) is -8.24. The van der Waals surface area contributed by atoms with Crippen molar-refractivity contribution in [3.63, 3.8) is 0 Å². The molecule has 45 heavy (non-hydrogen) atoms. The van der Waals surface area contributed by atoms with E-state index in [0.717, 1.165) is 0 Å². The fourth-order valence-electron chi connectivity index (χ4n) is 4.64. The van der Waals surface area contributed by atoms with E-state index >= 15 is 26.3 Å². The predicted octanol–water partition coefficient (Wildman–Crippen LogP) is 8.03. The maximum atomic E-state index is 15.1. The van der Waals surface area contributed by atoms with Gasteiger partial charge in [0.25, 0.3) is 6.71 Å². The lowest BCUT2D eigenvalue weighted by Crippen LogP contribution is -2.52. The van der Waals surface area contributed by atoms with Crippen LogP contribution in [-0.2, 0) is 6.42 Å². The van der Waals surface area contributed by atoms with E-state index in [2.05, 4.69) is 0 Å². The van der Waals surface area contributed by atoms with E-state index in [1.165, 1.54) is 0 Å². The predicted molar refractivity (Wildman–Crippen MR) is 131 cm³/mol. The molecule has 0 fully saturated rings. The molecule has 0 saturated carbocycles. The summed E-state index contributed by atoms with van der Waals surface area (Å²) in [5, 5.41) is 0. The highest BCUT2D eigenvalue weighted by atomic mass is 19.2. The average Bonchev–Trinajstić information content (AvgIpc) is 3.03. The van der Waals surface area contributed by atoms with Crippen molar-refractivity contribution in [1.29, 1.82) is 0 Å². The van der Waals surface area contributed by atoms with Crippen LogP contribution in [0.2, 0.25) is 0 Å². The fraction of sp³-hybridized carbons (Fsp3) is 0.103. The summed E-state index contributed by atoms with van der Waals surface area (Å²) >= 11 is 0. The molecule has 0 saturated heterocycles. The Balaban J connectivity index is 2.16. The minimum absolute atomic E-state index is 0.0669. The quantitative estimate of drug-likeness (QED) is 0.0593. The zero-order valence-corrected chi connectivity index (χ0v) is 21.8. The van der Waals surface area contributed by atoms with Crippen LogP contribution in [0.1, 0.15) is 24.0 Å². The lowest BCUT2D eigenvalue weighted by atomic mass is 9.34. The molecular weight excluding hydrogens is 644 g/mol. The van der Waals surface area contributed by atoms with Crippen LogP contribution in [0, 0.1) is 87.3 Å². The Morgan fingerprint density at radius 3 is 1.16 bits per heavy atom. The molecule has 0 nitrogen and oxygen atoms in total. The maximum Gasteiger partial charge on any atom is 0.257 e. The lowest BCUT2D eigenvalue weighted by Gasteiger charge is -2.23. The van der Waals surface area contributed by atoms with E-state index in [1.54, 1.807) is 30.3 Å². The Bertz CT molecular complexity index is 1680. The Morgan fingerprint density at radius 1 is 0.444 bits per heavy atom. The van der Waals surface area contributed by atoms with Gasteiger partial charge in [0.1, 0.15) is 0 Å². The zero-order chi connectivity index (χ0) is 33.5. The molecule has 236 valence electrons.